The van der Waals surface area contributed by atoms with Crippen LogP contribution >= 0.6 is 0 Å². The molecule has 3 aromatic rings. The first-order valence-corrected chi connectivity index (χ1v) is 11.0. The molecule has 1 aromatic heterocycles. The van der Waals surface area contributed by atoms with Crippen molar-refractivity contribution in [1.82, 2.24) is 20.4 Å². The summed E-state index contributed by atoms with van der Waals surface area (Å²) in [5, 5.41) is 10.5. The van der Waals surface area contributed by atoms with E-state index in [4.69, 9.17) is 9.47 Å². The molecule has 4 rings (SSSR count). The summed E-state index contributed by atoms with van der Waals surface area (Å²) < 4.78 is 10.2. The number of aromatic nitrogens is 2. The second kappa shape index (κ2) is 10.2. The molecular formula is C25H28N4O4. The molecule has 0 radical (unpaired) electrons. The molecule has 2 heterocycles. The van der Waals surface area contributed by atoms with Gasteiger partial charge in [0.25, 0.3) is 0 Å². The molecule has 2 N–H and O–H groups in total. The first-order valence-electron chi connectivity index (χ1n) is 11.0. The molecule has 0 unspecified atom stereocenters. The molecule has 8 nitrogen and oxygen atoms in total. The molecule has 1 aliphatic rings. The van der Waals surface area contributed by atoms with Gasteiger partial charge < -0.3 is 19.7 Å². The summed E-state index contributed by atoms with van der Waals surface area (Å²) in [6, 6.07) is 17.9. The molecule has 1 aliphatic heterocycles. The summed E-state index contributed by atoms with van der Waals surface area (Å²) in [7, 11) is 2.96. The smallest absolute Gasteiger partial charge is 0.333 e. The van der Waals surface area contributed by atoms with Crippen molar-refractivity contribution in [2.24, 2.45) is 0 Å². The number of hydrogen-bond donors (Lipinski definition) is 2. The van der Waals surface area contributed by atoms with Gasteiger partial charge >= 0.3 is 12.0 Å². The number of benzene rings is 2. The first-order chi connectivity index (χ1) is 16.1. The number of amides is 2. The number of aromatic amines is 1. The predicted octanol–water partition coefficient (Wildman–Crippen LogP) is 3.89. The highest BCUT2D eigenvalue weighted by Crippen LogP contribution is 2.30. The monoisotopic (exact) mass is 448 g/mol. The summed E-state index contributed by atoms with van der Waals surface area (Å²) >= 11 is 0. The maximum absolute atomic E-state index is 12.9. The standard InChI is InChI=1S/C25H28N4O4/c1-32-20-10-6-9-19(15-20)22-16-21(27-28-22)17-11-13-29(14-12-17)25(31)26-23(24(30)33-2)18-7-4-3-5-8-18/h3-10,15-17,23H,11-14H2,1-2H3,(H,26,31)(H,27,28)/t23-/m0/s1. The Morgan fingerprint density at radius 2 is 1.82 bits per heavy atom. The number of ether oxygens (including phenoxy) is 2. The van der Waals surface area contributed by atoms with E-state index in [1.165, 1.54) is 7.11 Å². The maximum Gasteiger partial charge on any atom is 0.333 e. The van der Waals surface area contributed by atoms with Crippen LogP contribution in [0, 0.1) is 0 Å². The van der Waals surface area contributed by atoms with Crippen molar-refractivity contribution in [3.63, 3.8) is 0 Å². The molecule has 33 heavy (non-hydrogen) atoms. The van der Waals surface area contributed by atoms with Crippen LogP contribution in [0.1, 0.15) is 36.1 Å². The van der Waals surface area contributed by atoms with Gasteiger partial charge in [0.05, 0.1) is 19.9 Å². The molecule has 172 valence electrons. The molecule has 1 atom stereocenters. The number of hydrogen-bond acceptors (Lipinski definition) is 5. The minimum absolute atomic E-state index is 0.269. The molecular weight excluding hydrogens is 420 g/mol. The van der Waals surface area contributed by atoms with Crippen LogP contribution in [0.2, 0.25) is 0 Å². The van der Waals surface area contributed by atoms with Crippen LogP contribution in [-0.2, 0) is 9.53 Å². The van der Waals surface area contributed by atoms with Crippen molar-refractivity contribution in [1.29, 1.82) is 0 Å². The molecule has 0 saturated carbocycles. The number of esters is 1. The Labute approximate surface area is 192 Å². The Bertz CT molecular complexity index is 1090. The molecule has 1 saturated heterocycles. The summed E-state index contributed by atoms with van der Waals surface area (Å²) in [6.45, 7) is 1.18. The van der Waals surface area contributed by atoms with Crippen LogP contribution in [-0.4, -0.2) is 54.4 Å². The van der Waals surface area contributed by atoms with Crippen LogP contribution in [0.25, 0.3) is 11.3 Å². The number of nitrogens with zero attached hydrogens (tertiary/aromatic N) is 2. The molecule has 8 heteroatoms. The normalized spacial score (nSPS) is 15.0. The fourth-order valence-electron chi connectivity index (χ4n) is 4.13. The van der Waals surface area contributed by atoms with Gasteiger partial charge in [0, 0.05) is 30.3 Å². The fraction of sp³-hybridized carbons (Fsp3) is 0.320. The third-order valence-electron chi connectivity index (χ3n) is 6.02. The van der Waals surface area contributed by atoms with E-state index in [0.29, 0.717) is 18.7 Å². The summed E-state index contributed by atoms with van der Waals surface area (Å²) in [6.07, 6.45) is 1.61. The zero-order valence-electron chi connectivity index (χ0n) is 18.8. The minimum Gasteiger partial charge on any atom is -0.497 e. The minimum atomic E-state index is -0.834. The van der Waals surface area contributed by atoms with Crippen LogP contribution < -0.4 is 10.1 Å². The third kappa shape index (κ3) is 5.16. The largest absolute Gasteiger partial charge is 0.497 e. The molecule has 0 bridgehead atoms. The number of nitrogens with one attached hydrogen (secondary N) is 2. The number of carbonyl (C=O) groups excluding carboxylic acids is 2. The third-order valence-corrected chi connectivity index (χ3v) is 6.02. The maximum atomic E-state index is 12.9. The van der Waals surface area contributed by atoms with Crippen molar-refractivity contribution in [2.45, 2.75) is 24.8 Å². The van der Waals surface area contributed by atoms with E-state index in [9.17, 15) is 9.59 Å². The Kier molecular flexibility index (Phi) is 6.92. The van der Waals surface area contributed by atoms with Gasteiger partial charge in [-0.15, -0.1) is 0 Å². The average Bonchev–Trinajstić information content (AvgIpc) is 3.38. The fourth-order valence-corrected chi connectivity index (χ4v) is 4.13. The van der Waals surface area contributed by atoms with Crippen LogP contribution in [0.3, 0.4) is 0 Å². The highest BCUT2D eigenvalue weighted by atomic mass is 16.5. The zero-order valence-corrected chi connectivity index (χ0v) is 18.8. The van der Waals surface area contributed by atoms with E-state index in [1.54, 1.807) is 24.1 Å². The second-order valence-corrected chi connectivity index (χ2v) is 8.02. The van der Waals surface area contributed by atoms with E-state index in [0.717, 1.165) is 35.5 Å². The number of carbonyl (C=O) groups is 2. The Balaban J connectivity index is 1.37. The molecule has 0 aliphatic carbocycles. The second-order valence-electron chi connectivity index (χ2n) is 8.02. The first kappa shape index (κ1) is 22.4. The Hall–Kier alpha value is -3.81. The number of piperidine rings is 1. The molecule has 1 fully saturated rings. The summed E-state index contributed by atoms with van der Waals surface area (Å²) in [5.74, 6) is 0.579. The van der Waals surface area contributed by atoms with Crippen LogP contribution in [0.15, 0.2) is 60.7 Å². The number of rotatable bonds is 6. The van der Waals surface area contributed by atoms with Gasteiger partial charge in [0.15, 0.2) is 6.04 Å². The van der Waals surface area contributed by atoms with Gasteiger partial charge in [-0.25, -0.2) is 9.59 Å². The van der Waals surface area contributed by atoms with E-state index < -0.39 is 12.0 Å². The topological polar surface area (TPSA) is 96.6 Å². The lowest BCUT2D eigenvalue weighted by Gasteiger charge is -2.32. The Morgan fingerprint density at radius 1 is 1.06 bits per heavy atom. The van der Waals surface area contributed by atoms with Gasteiger partial charge in [-0.1, -0.05) is 42.5 Å². The van der Waals surface area contributed by atoms with Crippen molar-refractivity contribution in [2.75, 3.05) is 27.3 Å². The predicted molar refractivity (Wildman–Crippen MR) is 124 cm³/mol. The number of urea groups is 1. The molecule has 2 aromatic carbocycles. The molecule has 2 amide bonds. The summed E-state index contributed by atoms with van der Waals surface area (Å²) in [4.78, 5) is 26.9. The van der Waals surface area contributed by atoms with E-state index in [1.807, 2.05) is 42.5 Å². The van der Waals surface area contributed by atoms with Gasteiger partial charge in [-0.3, -0.25) is 5.10 Å². The lowest BCUT2D eigenvalue weighted by Crippen LogP contribution is -2.47. The quantitative estimate of drug-likeness (QED) is 0.558. The lowest BCUT2D eigenvalue weighted by atomic mass is 9.93. The highest BCUT2D eigenvalue weighted by Gasteiger charge is 2.29. The van der Waals surface area contributed by atoms with Crippen molar-refractivity contribution < 1.29 is 19.1 Å². The number of methoxy groups -OCH3 is 2. The highest BCUT2D eigenvalue weighted by molar-refractivity contribution is 5.84. The van der Waals surface area contributed by atoms with Crippen molar-refractivity contribution in [3.05, 3.63) is 71.9 Å². The van der Waals surface area contributed by atoms with Crippen molar-refractivity contribution in [3.8, 4) is 17.0 Å². The van der Waals surface area contributed by atoms with E-state index in [2.05, 4.69) is 21.6 Å². The van der Waals surface area contributed by atoms with Gasteiger partial charge in [-0.2, -0.15) is 5.10 Å². The number of H-pyrrole nitrogens is 1. The average molecular weight is 449 g/mol. The SMILES string of the molecule is COC(=O)[C@@H](NC(=O)N1CCC(c2cc(-c3cccc(OC)c3)n[nH]2)CC1)c1ccccc1. The van der Waals surface area contributed by atoms with Crippen LogP contribution in [0.4, 0.5) is 4.79 Å². The van der Waals surface area contributed by atoms with E-state index in [-0.39, 0.29) is 11.9 Å². The van der Waals surface area contributed by atoms with Gasteiger partial charge in [0.2, 0.25) is 0 Å². The summed E-state index contributed by atoms with van der Waals surface area (Å²) in [5.41, 5.74) is 3.61. The van der Waals surface area contributed by atoms with Crippen molar-refractivity contribution >= 4 is 12.0 Å². The molecule has 0 spiro atoms. The van der Waals surface area contributed by atoms with Gasteiger partial charge in [0.1, 0.15) is 5.75 Å². The van der Waals surface area contributed by atoms with E-state index >= 15 is 0 Å². The zero-order chi connectivity index (χ0) is 23.2. The number of likely N-dealkylation sites (tertiary alicyclic amines) is 1. The Morgan fingerprint density at radius 3 is 2.52 bits per heavy atom. The lowest BCUT2D eigenvalue weighted by molar-refractivity contribution is -0.143. The van der Waals surface area contributed by atoms with Gasteiger partial charge in [-0.05, 0) is 36.6 Å². The van der Waals surface area contributed by atoms with Crippen LogP contribution in [0.5, 0.6) is 5.75 Å².